The van der Waals surface area contributed by atoms with Gasteiger partial charge in [-0.3, -0.25) is 0 Å². The number of halogens is 2. The number of benzene rings is 2. The molecule has 2 aromatic carbocycles. The first kappa shape index (κ1) is 21.0. The number of likely N-dealkylation sites (tertiary alicyclic amines) is 1. The Morgan fingerprint density at radius 1 is 1.07 bits per heavy atom. The number of piperidine rings is 1. The lowest BCUT2D eigenvalue weighted by Crippen LogP contribution is -2.37. The minimum Gasteiger partial charge on any atom is -0.338 e. The Kier molecular flexibility index (Phi) is 8.01. The second-order valence-corrected chi connectivity index (χ2v) is 8.18. The number of hydrogen-bond donors (Lipinski definition) is 2. The molecule has 2 aromatic rings. The Morgan fingerprint density at radius 3 is 2.54 bits per heavy atom. The van der Waals surface area contributed by atoms with Crippen LogP contribution in [0.25, 0.3) is 0 Å². The molecule has 1 aliphatic rings. The number of carbonyl (C=O) groups is 1. The summed E-state index contributed by atoms with van der Waals surface area (Å²) in [6.45, 7) is 3.94. The molecule has 4 nitrogen and oxygen atoms in total. The third-order valence-corrected chi connectivity index (χ3v) is 5.74. The lowest BCUT2D eigenvalue weighted by molar-refractivity contribution is 0.182. The molecule has 2 N–H and O–H groups in total. The SMILES string of the molecule is O=C(NCCCN1CCC(Cc2ccccc2)CC1)Nc1ccc(Cl)cc1Cl. The minimum atomic E-state index is -0.245. The van der Waals surface area contributed by atoms with Gasteiger partial charge < -0.3 is 15.5 Å². The fourth-order valence-electron chi connectivity index (χ4n) is 3.62. The van der Waals surface area contributed by atoms with E-state index in [1.54, 1.807) is 18.2 Å². The van der Waals surface area contributed by atoms with Crippen LogP contribution in [0.5, 0.6) is 0 Å². The zero-order chi connectivity index (χ0) is 19.8. The van der Waals surface area contributed by atoms with Crippen LogP contribution in [0.15, 0.2) is 48.5 Å². The Balaban J connectivity index is 1.29. The van der Waals surface area contributed by atoms with Crippen molar-refractivity contribution >= 4 is 34.9 Å². The Bertz CT molecular complexity index is 762. The number of carbonyl (C=O) groups excluding carboxylic acids is 1. The highest BCUT2D eigenvalue weighted by molar-refractivity contribution is 6.36. The maximum atomic E-state index is 12.0. The van der Waals surface area contributed by atoms with Gasteiger partial charge in [0.1, 0.15) is 0 Å². The first-order chi connectivity index (χ1) is 13.6. The second kappa shape index (κ2) is 10.7. The summed E-state index contributed by atoms with van der Waals surface area (Å²) in [5.41, 5.74) is 2.00. The zero-order valence-electron chi connectivity index (χ0n) is 16.0. The van der Waals surface area contributed by atoms with E-state index < -0.39 is 0 Å². The molecule has 0 aliphatic carbocycles. The number of nitrogens with zero attached hydrogens (tertiary/aromatic N) is 1. The summed E-state index contributed by atoms with van der Waals surface area (Å²) in [6.07, 6.45) is 4.62. The lowest BCUT2D eigenvalue weighted by atomic mass is 9.90. The molecule has 0 atom stereocenters. The Morgan fingerprint density at radius 2 is 1.82 bits per heavy atom. The highest BCUT2D eigenvalue weighted by Crippen LogP contribution is 2.25. The third-order valence-electron chi connectivity index (χ3n) is 5.19. The van der Waals surface area contributed by atoms with Crippen molar-refractivity contribution in [3.8, 4) is 0 Å². The molecule has 0 unspecified atom stereocenters. The molecule has 28 heavy (non-hydrogen) atoms. The van der Waals surface area contributed by atoms with Crippen LogP contribution >= 0.6 is 23.2 Å². The summed E-state index contributed by atoms with van der Waals surface area (Å²) in [7, 11) is 0. The molecule has 1 fully saturated rings. The fraction of sp³-hybridized carbons (Fsp3) is 0.409. The van der Waals surface area contributed by atoms with Crippen LogP contribution in [0.1, 0.15) is 24.8 Å². The van der Waals surface area contributed by atoms with Crippen LogP contribution < -0.4 is 10.6 Å². The van der Waals surface area contributed by atoms with Crippen molar-refractivity contribution in [3.05, 3.63) is 64.1 Å². The zero-order valence-corrected chi connectivity index (χ0v) is 17.5. The van der Waals surface area contributed by atoms with E-state index >= 15 is 0 Å². The normalized spacial score (nSPS) is 15.4. The van der Waals surface area contributed by atoms with Gasteiger partial charge >= 0.3 is 6.03 Å². The summed E-state index contributed by atoms with van der Waals surface area (Å²) in [4.78, 5) is 14.5. The van der Waals surface area contributed by atoms with Crippen LogP contribution in [0.4, 0.5) is 10.5 Å². The molecule has 150 valence electrons. The van der Waals surface area contributed by atoms with Crippen molar-refractivity contribution in [1.29, 1.82) is 0 Å². The van der Waals surface area contributed by atoms with Crippen molar-refractivity contribution in [2.45, 2.75) is 25.7 Å². The third kappa shape index (κ3) is 6.69. The van der Waals surface area contributed by atoms with Crippen LogP contribution in [0.2, 0.25) is 10.0 Å². The van der Waals surface area contributed by atoms with Crippen molar-refractivity contribution < 1.29 is 4.79 Å². The predicted molar refractivity (Wildman–Crippen MR) is 117 cm³/mol. The molecular formula is C22H27Cl2N3O. The van der Waals surface area contributed by atoms with E-state index in [0.717, 1.165) is 32.0 Å². The minimum absolute atomic E-state index is 0.245. The molecule has 1 saturated heterocycles. The van der Waals surface area contributed by atoms with E-state index in [1.165, 1.54) is 24.8 Å². The quantitative estimate of drug-likeness (QED) is 0.585. The number of rotatable bonds is 7. The maximum absolute atomic E-state index is 12.0. The van der Waals surface area contributed by atoms with Gasteiger partial charge in [0.25, 0.3) is 0 Å². The van der Waals surface area contributed by atoms with Crippen molar-refractivity contribution in [2.75, 3.05) is 31.5 Å². The summed E-state index contributed by atoms with van der Waals surface area (Å²) >= 11 is 11.9. The summed E-state index contributed by atoms with van der Waals surface area (Å²) < 4.78 is 0. The highest BCUT2D eigenvalue weighted by atomic mass is 35.5. The van der Waals surface area contributed by atoms with Gasteiger partial charge in [0.2, 0.25) is 0 Å². The molecule has 1 aliphatic heterocycles. The average molecular weight is 420 g/mol. The van der Waals surface area contributed by atoms with Gasteiger partial charge in [-0.15, -0.1) is 0 Å². The summed E-state index contributed by atoms with van der Waals surface area (Å²) in [6, 6.07) is 15.5. The molecule has 0 spiro atoms. The van der Waals surface area contributed by atoms with Crippen molar-refractivity contribution in [2.24, 2.45) is 5.92 Å². The monoisotopic (exact) mass is 419 g/mol. The molecule has 3 rings (SSSR count). The number of hydrogen-bond acceptors (Lipinski definition) is 2. The van der Waals surface area contributed by atoms with Crippen LogP contribution in [-0.4, -0.2) is 37.1 Å². The topological polar surface area (TPSA) is 44.4 Å². The molecule has 2 amide bonds. The van der Waals surface area contributed by atoms with E-state index in [2.05, 4.69) is 45.9 Å². The van der Waals surface area contributed by atoms with Crippen LogP contribution in [0.3, 0.4) is 0 Å². The van der Waals surface area contributed by atoms with E-state index in [-0.39, 0.29) is 6.03 Å². The van der Waals surface area contributed by atoms with Gasteiger partial charge in [-0.25, -0.2) is 4.79 Å². The second-order valence-electron chi connectivity index (χ2n) is 7.33. The van der Waals surface area contributed by atoms with Crippen LogP contribution in [-0.2, 0) is 6.42 Å². The molecule has 0 bridgehead atoms. The molecule has 0 radical (unpaired) electrons. The van der Waals surface area contributed by atoms with Gasteiger partial charge in [0, 0.05) is 11.6 Å². The van der Waals surface area contributed by atoms with E-state index in [4.69, 9.17) is 23.2 Å². The van der Waals surface area contributed by atoms with E-state index in [9.17, 15) is 4.79 Å². The number of urea groups is 1. The number of nitrogens with one attached hydrogen (secondary N) is 2. The Labute approximate surface area is 177 Å². The van der Waals surface area contributed by atoms with Gasteiger partial charge in [0.05, 0.1) is 10.7 Å². The number of anilines is 1. The van der Waals surface area contributed by atoms with E-state index in [1.807, 2.05) is 0 Å². The van der Waals surface area contributed by atoms with Gasteiger partial charge in [0.15, 0.2) is 0 Å². The first-order valence-electron chi connectivity index (χ1n) is 9.86. The fourth-order valence-corrected chi connectivity index (χ4v) is 4.08. The summed E-state index contributed by atoms with van der Waals surface area (Å²) in [5.74, 6) is 0.784. The molecule has 6 heteroatoms. The highest BCUT2D eigenvalue weighted by Gasteiger charge is 2.19. The Hall–Kier alpha value is -1.75. The lowest BCUT2D eigenvalue weighted by Gasteiger charge is -2.32. The largest absolute Gasteiger partial charge is 0.338 e. The first-order valence-corrected chi connectivity index (χ1v) is 10.6. The predicted octanol–water partition coefficient (Wildman–Crippen LogP) is 5.46. The maximum Gasteiger partial charge on any atom is 0.319 e. The smallest absolute Gasteiger partial charge is 0.319 e. The molecule has 1 heterocycles. The average Bonchev–Trinajstić information content (AvgIpc) is 2.69. The van der Waals surface area contributed by atoms with Gasteiger partial charge in [-0.1, -0.05) is 53.5 Å². The summed E-state index contributed by atoms with van der Waals surface area (Å²) in [5, 5.41) is 6.61. The van der Waals surface area contributed by atoms with Crippen molar-refractivity contribution in [1.82, 2.24) is 10.2 Å². The molecule has 0 aromatic heterocycles. The van der Waals surface area contributed by atoms with Crippen LogP contribution in [0, 0.1) is 5.92 Å². The van der Waals surface area contributed by atoms with Crippen molar-refractivity contribution in [3.63, 3.8) is 0 Å². The van der Waals surface area contributed by atoms with E-state index in [0.29, 0.717) is 22.3 Å². The molecule has 0 saturated carbocycles. The van der Waals surface area contributed by atoms with Gasteiger partial charge in [-0.2, -0.15) is 0 Å². The molecular weight excluding hydrogens is 393 g/mol. The number of amides is 2. The standard InChI is InChI=1S/C22H27Cl2N3O/c23-19-7-8-21(20(24)16-19)26-22(28)25-11-4-12-27-13-9-18(10-14-27)15-17-5-2-1-3-6-17/h1-3,5-8,16,18H,4,9-15H2,(H2,25,26,28). The van der Waals surface area contributed by atoms with Gasteiger partial charge in [-0.05, 0) is 75.0 Å².